The number of hydrogen-bond acceptors (Lipinski definition) is 4. The minimum absolute atomic E-state index is 0.121. The van der Waals surface area contributed by atoms with Crippen molar-refractivity contribution in [1.82, 2.24) is 9.13 Å². The van der Waals surface area contributed by atoms with Gasteiger partial charge in [-0.3, -0.25) is 0 Å². The Morgan fingerprint density at radius 2 is 0.744 bits per heavy atom. The average Bonchev–Trinajstić information content (AvgIpc) is 0.845. The number of fused-ring (bicyclic) bond motifs is 14. The molecule has 4 aliphatic rings. The summed E-state index contributed by atoms with van der Waals surface area (Å²) in [5.41, 5.74) is 21.4. The molecule has 0 fully saturated rings. The smallest absolute Gasteiger partial charge is 0.256 e. The second-order valence-electron chi connectivity index (χ2n) is 26.7. The summed E-state index contributed by atoms with van der Waals surface area (Å²) in [6, 6.07) is 86.7. The highest BCUT2D eigenvalue weighted by Crippen LogP contribution is 2.51. The first kappa shape index (κ1) is 52.5. The van der Waals surface area contributed by atoms with Crippen molar-refractivity contribution in [2.24, 2.45) is 0 Å². The van der Waals surface area contributed by atoms with E-state index in [1.54, 1.807) is 24.3 Å². The number of aromatic nitrogens is 2. The Balaban J connectivity index is 0.969. The van der Waals surface area contributed by atoms with Crippen LogP contribution < -0.4 is 52.2 Å². The van der Waals surface area contributed by atoms with Crippen molar-refractivity contribution >= 4 is 141 Å². The lowest BCUT2D eigenvalue weighted by Crippen LogP contribution is -2.64. The Labute approximate surface area is 522 Å². The third-order valence-corrected chi connectivity index (χ3v) is 19.5. The highest BCUT2D eigenvalue weighted by molar-refractivity contribution is 7.02. The predicted molar refractivity (Wildman–Crippen MR) is 372 cm³/mol. The quantitative estimate of drug-likeness (QED) is 0.161. The molecule has 0 spiro atoms. The van der Waals surface area contributed by atoms with Gasteiger partial charge in [-0.05, 0) is 152 Å². The fourth-order valence-corrected chi connectivity index (χ4v) is 15.4. The highest BCUT2D eigenvalue weighted by Gasteiger charge is 2.49. The van der Waals surface area contributed by atoms with Crippen LogP contribution in [0.15, 0.2) is 249 Å². The number of nitrogens with zero attached hydrogens (tertiary/aromatic N) is 5. The Hall–Kier alpha value is -10.6. The monoisotopic (exact) mass is 1170 g/mol. The largest absolute Gasteiger partial charge is 0.458 e. The lowest BCUT2D eigenvalue weighted by atomic mass is 9.30. The number of ether oxygens (including phenoxy) is 1. The van der Waals surface area contributed by atoms with Crippen LogP contribution in [0.3, 0.4) is 0 Å². The molecular weight excluding hydrogens is 1110 g/mol. The van der Waals surface area contributed by atoms with E-state index in [0.29, 0.717) is 17.1 Å². The van der Waals surface area contributed by atoms with Crippen molar-refractivity contribution in [2.45, 2.75) is 52.4 Å². The highest BCUT2D eigenvalue weighted by atomic mass is 19.1. The number of halogens is 2. The molecule has 0 bridgehead atoms. The predicted octanol–water partition coefficient (Wildman–Crippen LogP) is 17.2. The van der Waals surface area contributed by atoms with Gasteiger partial charge in [0.2, 0.25) is 0 Å². The molecule has 0 atom stereocenters. The average molecular weight is 1170 g/mol. The Kier molecular flexibility index (Phi) is 11.1. The summed E-state index contributed by atoms with van der Waals surface area (Å²) in [5, 5.41) is 4.57. The standard InChI is InChI=1S/C80H59B2F2N5O/c1-79(2,3)48-36-38-55-53-24-10-16-30-63(53)86(68(55)40-48)51-42-72-77-73(43-51)88(66-33-19-14-28-61(66)83)70-47-71-60(46-59(70)81(77)57-26-12-18-32-65(57)85(72)50-22-8-7-9-23-50)82-58-27-13-21-35-75(58)90-76-45-52(44-74(78(76)82)89(71)67-34-20-15-29-62(67)84)87-64-31-17-11-25-54(64)56-39-37-49(41-69(56)87)80(4,5)6/h7-47H,1-6H3. The molecule has 430 valence electrons. The minimum Gasteiger partial charge on any atom is -0.458 e. The van der Waals surface area contributed by atoms with Gasteiger partial charge in [0, 0.05) is 67.4 Å². The van der Waals surface area contributed by atoms with Gasteiger partial charge in [-0.25, -0.2) is 8.78 Å². The number of benzene rings is 12. The molecule has 10 heteroatoms. The summed E-state index contributed by atoms with van der Waals surface area (Å²) in [6.45, 7) is 12.8. The zero-order valence-electron chi connectivity index (χ0n) is 50.7. The normalized spacial score (nSPS) is 13.8. The maximum atomic E-state index is 17.8. The van der Waals surface area contributed by atoms with Gasteiger partial charge in [0.05, 0.1) is 44.8 Å². The van der Waals surface area contributed by atoms with Crippen LogP contribution in [-0.4, -0.2) is 22.6 Å². The Morgan fingerprint density at radius 1 is 0.300 bits per heavy atom. The Morgan fingerprint density at radius 3 is 1.31 bits per heavy atom. The third kappa shape index (κ3) is 7.51. The van der Waals surface area contributed by atoms with Gasteiger partial charge in [0.25, 0.3) is 13.4 Å². The van der Waals surface area contributed by atoms with Gasteiger partial charge in [-0.2, -0.15) is 0 Å². The third-order valence-electron chi connectivity index (χ3n) is 19.5. The van der Waals surface area contributed by atoms with Crippen molar-refractivity contribution in [2.75, 3.05) is 14.7 Å². The van der Waals surface area contributed by atoms with E-state index in [2.05, 4.69) is 260 Å². The van der Waals surface area contributed by atoms with E-state index >= 15 is 8.78 Å². The lowest BCUT2D eigenvalue weighted by molar-refractivity contribution is 0.487. The summed E-state index contributed by atoms with van der Waals surface area (Å²) < 4.78 is 47.4. The zero-order chi connectivity index (χ0) is 60.6. The lowest BCUT2D eigenvalue weighted by Gasteiger charge is -2.46. The SMILES string of the molecule is CC(C)(C)c1ccc2c3ccccc3n(-c3cc4c5c(c3)N(c3ccccc3F)c3cc6c(cc3B5c3ccccc3O4)B3c4ccccc4N(c4ccccc4)c4cc(-n5c7ccccc7c7ccc(C(C)(C)C)cc75)cc(c43)N6c3ccccc3F)c2c1. The molecule has 18 rings (SSSR count). The first-order valence-corrected chi connectivity index (χ1v) is 31.2. The van der Waals surface area contributed by atoms with Gasteiger partial charge in [0.15, 0.2) is 0 Å². The molecule has 2 aromatic heterocycles. The summed E-state index contributed by atoms with van der Waals surface area (Å²) in [6.07, 6.45) is 0. The molecule has 12 aromatic carbocycles. The Bertz CT molecular complexity index is 5410. The van der Waals surface area contributed by atoms with Crippen LogP contribution >= 0.6 is 0 Å². The number of hydrogen-bond donors (Lipinski definition) is 0. The van der Waals surface area contributed by atoms with Crippen LogP contribution in [0.25, 0.3) is 55.0 Å². The van der Waals surface area contributed by atoms with Crippen molar-refractivity contribution in [3.05, 3.63) is 271 Å². The van der Waals surface area contributed by atoms with Gasteiger partial charge in [-0.15, -0.1) is 0 Å². The summed E-state index contributed by atoms with van der Waals surface area (Å²) >= 11 is 0. The van der Waals surface area contributed by atoms with Crippen LogP contribution in [0.1, 0.15) is 52.7 Å². The first-order valence-electron chi connectivity index (χ1n) is 31.2. The molecule has 4 aliphatic heterocycles. The van der Waals surface area contributed by atoms with Gasteiger partial charge in [-0.1, -0.05) is 187 Å². The van der Waals surface area contributed by atoms with Crippen LogP contribution in [0, 0.1) is 11.6 Å². The molecule has 90 heavy (non-hydrogen) atoms. The molecule has 0 saturated heterocycles. The molecule has 0 aliphatic carbocycles. The number of para-hydroxylation sites is 7. The molecule has 14 aromatic rings. The van der Waals surface area contributed by atoms with Crippen LogP contribution in [-0.2, 0) is 10.8 Å². The van der Waals surface area contributed by atoms with Crippen molar-refractivity contribution in [3.8, 4) is 22.9 Å². The van der Waals surface area contributed by atoms with Gasteiger partial charge in [0.1, 0.15) is 23.1 Å². The molecule has 0 unspecified atom stereocenters. The van der Waals surface area contributed by atoms with Gasteiger partial charge < -0.3 is 28.6 Å². The second-order valence-corrected chi connectivity index (χ2v) is 26.7. The van der Waals surface area contributed by atoms with E-state index in [4.69, 9.17) is 4.74 Å². The van der Waals surface area contributed by atoms with Crippen molar-refractivity contribution in [1.29, 1.82) is 0 Å². The molecule has 0 N–H and O–H groups in total. The molecular formula is C80H59B2F2N5O. The molecule has 6 nitrogen and oxygen atoms in total. The van der Waals surface area contributed by atoms with E-state index in [9.17, 15) is 0 Å². The summed E-state index contributed by atoms with van der Waals surface area (Å²) in [7, 11) is 0. The van der Waals surface area contributed by atoms with Crippen LogP contribution in [0.5, 0.6) is 11.5 Å². The fraction of sp³-hybridized carbons (Fsp3) is 0.100. The van der Waals surface area contributed by atoms with E-state index in [1.807, 2.05) is 30.3 Å². The van der Waals surface area contributed by atoms with E-state index in [1.165, 1.54) is 11.1 Å². The maximum Gasteiger partial charge on any atom is 0.256 e. The van der Waals surface area contributed by atoms with E-state index in [0.717, 1.165) is 133 Å². The summed E-state index contributed by atoms with van der Waals surface area (Å²) in [5.74, 6) is 0.707. The van der Waals surface area contributed by atoms with Crippen molar-refractivity contribution in [3.63, 3.8) is 0 Å². The minimum atomic E-state index is -0.379. The van der Waals surface area contributed by atoms with Crippen LogP contribution in [0.4, 0.5) is 60.0 Å². The number of rotatable bonds is 5. The first-order chi connectivity index (χ1) is 43.8. The fourth-order valence-electron chi connectivity index (χ4n) is 15.4. The summed E-state index contributed by atoms with van der Waals surface area (Å²) in [4.78, 5) is 6.68. The topological polar surface area (TPSA) is 28.8 Å². The van der Waals surface area contributed by atoms with Gasteiger partial charge >= 0.3 is 0 Å². The zero-order valence-corrected chi connectivity index (χ0v) is 50.7. The van der Waals surface area contributed by atoms with Crippen LogP contribution in [0.2, 0.25) is 0 Å². The maximum absolute atomic E-state index is 17.8. The second kappa shape index (κ2) is 19.0. The van der Waals surface area contributed by atoms with E-state index in [-0.39, 0.29) is 35.9 Å². The molecule has 0 radical (unpaired) electrons. The molecule has 0 saturated carbocycles. The van der Waals surface area contributed by atoms with E-state index < -0.39 is 0 Å². The molecule has 0 amide bonds. The number of anilines is 9. The van der Waals surface area contributed by atoms with Crippen molar-refractivity contribution < 1.29 is 13.5 Å². The molecule has 6 heterocycles.